The Morgan fingerprint density at radius 1 is 0.889 bits per heavy atom. The topological polar surface area (TPSA) is 15.6 Å². The SMILES string of the molecule is C(=N/N1CCCCCC1)/c1ccc2c(c1)CCC2. The molecule has 1 fully saturated rings. The summed E-state index contributed by atoms with van der Waals surface area (Å²) in [4.78, 5) is 0. The van der Waals surface area contributed by atoms with Crippen molar-refractivity contribution < 1.29 is 0 Å². The first-order valence-corrected chi connectivity index (χ1v) is 7.32. The van der Waals surface area contributed by atoms with Crippen molar-refractivity contribution in [2.75, 3.05) is 13.1 Å². The average Bonchev–Trinajstić information content (AvgIpc) is 2.70. The third-order valence-electron chi connectivity index (χ3n) is 4.08. The molecule has 0 spiro atoms. The molecule has 18 heavy (non-hydrogen) atoms. The van der Waals surface area contributed by atoms with Gasteiger partial charge in [0, 0.05) is 13.1 Å². The minimum atomic E-state index is 1.13. The summed E-state index contributed by atoms with van der Waals surface area (Å²) < 4.78 is 0. The van der Waals surface area contributed by atoms with E-state index < -0.39 is 0 Å². The molecule has 2 heteroatoms. The highest BCUT2D eigenvalue weighted by Gasteiger charge is 2.10. The molecule has 0 saturated carbocycles. The van der Waals surface area contributed by atoms with Gasteiger partial charge in [-0.1, -0.05) is 25.0 Å². The Morgan fingerprint density at radius 2 is 1.67 bits per heavy atom. The molecule has 1 aliphatic carbocycles. The lowest BCUT2D eigenvalue weighted by atomic mass is 10.1. The molecule has 2 aliphatic rings. The number of rotatable bonds is 2. The Bertz CT molecular complexity index is 429. The van der Waals surface area contributed by atoms with Crippen molar-refractivity contribution in [2.24, 2.45) is 5.10 Å². The Labute approximate surface area is 110 Å². The molecule has 2 nitrogen and oxygen atoms in total. The summed E-state index contributed by atoms with van der Waals surface area (Å²) in [6, 6.07) is 6.82. The van der Waals surface area contributed by atoms with Crippen LogP contribution in [0, 0.1) is 0 Å². The Balaban J connectivity index is 1.67. The van der Waals surface area contributed by atoms with Crippen LogP contribution in [0.25, 0.3) is 0 Å². The fourth-order valence-corrected chi connectivity index (χ4v) is 2.99. The first kappa shape index (κ1) is 11.8. The lowest BCUT2D eigenvalue weighted by molar-refractivity contribution is 0.302. The zero-order chi connectivity index (χ0) is 12.2. The maximum atomic E-state index is 4.65. The molecule has 1 aliphatic heterocycles. The molecule has 0 atom stereocenters. The Hall–Kier alpha value is -1.31. The minimum absolute atomic E-state index is 1.13. The van der Waals surface area contributed by atoms with E-state index in [1.807, 2.05) is 6.21 Å². The molecule has 1 heterocycles. The van der Waals surface area contributed by atoms with Gasteiger partial charge < -0.3 is 0 Å². The van der Waals surface area contributed by atoms with Gasteiger partial charge in [0.25, 0.3) is 0 Å². The van der Waals surface area contributed by atoms with E-state index in [0.717, 1.165) is 13.1 Å². The lowest BCUT2D eigenvalue weighted by Crippen LogP contribution is -2.18. The van der Waals surface area contributed by atoms with Gasteiger partial charge in [-0.25, -0.2) is 0 Å². The van der Waals surface area contributed by atoms with Crippen LogP contribution in [0.2, 0.25) is 0 Å². The lowest BCUT2D eigenvalue weighted by Gasteiger charge is -2.15. The first-order chi connectivity index (χ1) is 8.92. The predicted molar refractivity (Wildman–Crippen MR) is 76.1 cm³/mol. The highest BCUT2D eigenvalue weighted by atomic mass is 15.4. The molecule has 1 saturated heterocycles. The second kappa shape index (κ2) is 5.55. The van der Waals surface area contributed by atoms with E-state index in [0.29, 0.717) is 0 Å². The van der Waals surface area contributed by atoms with E-state index in [1.54, 1.807) is 5.56 Å². The van der Waals surface area contributed by atoms with E-state index in [9.17, 15) is 0 Å². The summed E-state index contributed by atoms with van der Waals surface area (Å²) in [6.45, 7) is 2.25. The molecule has 1 aromatic rings. The third-order valence-corrected chi connectivity index (χ3v) is 4.08. The predicted octanol–water partition coefficient (Wildman–Crippen LogP) is 3.39. The second-order valence-electron chi connectivity index (χ2n) is 5.49. The maximum Gasteiger partial charge on any atom is 0.0543 e. The molecule has 0 unspecified atom stereocenters. The van der Waals surface area contributed by atoms with Crippen LogP contribution in [0.4, 0.5) is 0 Å². The summed E-state index contributed by atoms with van der Waals surface area (Å²) in [6.07, 6.45) is 11.2. The summed E-state index contributed by atoms with van der Waals surface area (Å²) >= 11 is 0. The highest BCUT2D eigenvalue weighted by Crippen LogP contribution is 2.22. The van der Waals surface area contributed by atoms with Crippen LogP contribution in [0.3, 0.4) is 0 Å². The Kier molecular flexibility index (Phi) is 3.63. The van der Waals surface area contributed by atoms with Crippen molar-refractivity contribution >= 4 is 6.21 Å². The van der Waals surface area contributed by atoms with Gasteiger partial charge in [0.1, 0.15) is 0 Å². The van der Waals surface area contributed by atoms with Gasteiger partial charge in [0.15, 0.2) is 0 Å². The minimum Gasteiger partial charge on any atom is -0.297 e. The Morgan fingerprint density at radius 3 is 2.50 bits per heavy atom. The van der Waals surface area contributed by atoms with Crippen molar-refractivity contribution in [3.05, 3.63) is 34.9 Å². The van der Waals surface area contributed by atoms with Gasteiger partial charge in [-0.05, 0) is 54.9 Å². The molecule has 0 amide bonds. The normalized spacial score (nSPS) is 20.1. The monoisotopic (exact) mass is 242 g/mol. The standard InChI is InChI=1S/C16H22N2/c1-2-4-11-18(10-3-1)17-13-14-8-9-15-6-5-7-16(15)12-14/h8-9,12-13H,1-7,10-11H2/b17-13-. The number of hydrazone groups is 1. The van der Waals surface area contributed by atoms with Crippen molar-refractivity contribution in [1.82, 2.24) is 5.01 Å². The van der Waals surface area contributed by atoms with Crippen molar-refractivity contribution in [3.8, 4) is 0 Å². The van der Waals surface area contributed by atoms with Crippen LogP contribution in [0.1, 0.15) is 48.8 Å². The number of hydrogen-bond acceptors (Lipinski definition) is 2. The van der Waals surface area contributed by atoms with Gasteiger partial charge in [-0.15, -0.1) is 0 Å². The van der Waals surface area contributed by atoms with E-state index in [-0.39, 0.29) is 0 Å². The van der Waals surface area contributed by atoms with Gasteiger partial charge >= 0.3 is 0 Å². The number of fused-ring (bicyclic) bond motifs is 1. The number of aryl methyl sites for hydroxylation is 2. The largest absolute Gasteiger partial charge is 0.297 e. The van der Waals surface area contributed by atoms with Crippen LogP contribution < -0.4 is 0 Å². The molecule has 1 aromatic carbocycles. The molecule has 0 radical (unpaired) electrons. The summed E-state index contributed by atoms with van der Waals surface area (Å²) in [5.41, 5.74) is 4.34. The molecular weight excluding hydrogens is 220 g/mol. The van der Waals surface area contributed by atoms with Crippen LogP contribution in [0.5, 0.6) is 0 Å². The van der Waals surface area contributed by atoms with E-state index in [4.69, 9.17) is 0 Å². The highest BCUT2D eigenvalue weighted by molar-refractivity contribution is 5.80. The summed E-state index contributed by atoms with van der Waals surface area (Å²) in [5, 5.41) is 6.88. The van der Waals surface area contributed by atoms with Crippen molar-refractivity contribution in [2.45, 2.75) is 44.9 Å². The summed E-state index contributed by atoms with van der Waals surface area (Å²) in [5.74, 6) is 0. The number of nitrogens with zero attached hydrogens (tertiary/aromatic N) is 2. The molecule has 0 aromatic heterocycles. The molecular formula is C16H22N2. The third kappa shape index (κ3) is 2.74. The quantitative estimate of drug-likeness (QED) is 0.726. The van der Waals surface area contributed by atoms with Gasteiger partial charge in [0.05, 0.1) is 6.21 Å². The van der Waals surface area contributed by atoms with Crippen LogP contribution in [0.15, 0.2) is 23.3 Å². The first-order valence-electron chi connectivity index (χ1n) is 7.32. The van der Waals surface area contributed by atoms with Crippen molar-refractivity contribution in [1.29, 1.82) is 0 Å². The molecule has 0 bridgehead atoms. The fourth-order valence-electron chi connectivity index (χ4n) is 2.99. The zero-order valence-electron chi connectivity index (χ0n) is 11.1. The fraction of sp³-hybridized carbons (Fsp3) is 0.562. The van der Waals surface area contributed by atoms with E-state index in [1.165, 1.54) is 56.1 Å². The van der Waals surface area contributed by atoms with Gasteiger partial charge in [-0.2, -0.15) is 5.10 Å². The molecule has 3 rings (SSSR count). The van der Waals surface area contributed by atoms with Crippen LogP contribution >= 0.6 is 0 Å². The second-order valence-corrected chi connectivity index (χ2v) is 5.49. The van der Waals surface area contributed by atoms with Crippen LogP contribution in [-0.2, 0) is 12.8 Å². The number of hydrogen-bond donors (Lipinski definition) is 0. The zero-order valence-corrected chi connectivity index (χ0v) is 11.1. The molecule has 0 N–H and O–H groups in total. The number of benzene rings is 1. The van der Waals surface area contributed by atoms with E-state index >= 15 is 0 Å². The smallest absolute Gasteiger partial charge is 0.0543 e. The van der Waals surface area contributed by atoms with Gasteiger partial charge in [0.2, 0.25) is 0 Å². The van der Waals surface area contributed by atoms with E-state index in [2.05, 4.69) is 28.3 Å². The average molecular weight is 242 g/mol. The van der Waals surface area contributed by atoms with Gasteiger partial charge in [-0.3, -0.25) is 5.01 Å². The van der Waals surface area contributed by atoms with Crippen LogP contribution in [-0.4, -0.2) is 24.3 Å². The molecule has 96 valence electrons. The van der Waals surface area contributed by atoms with Crippen molar-refractivity contribution in [3.63, 3.8) is 0 Å². The summed E-state index contributed by atoms with van der Waals surface area (Å²) in [7, 11) is 0. The maximum absolute atomic E-state index is 4.65.